The Morgan fingerprint density at radius 2 is 1.96 bits per heavy atom. The predicted octanol–water partition coefficient (Wildman–Crippen LogP) is 4.36. The summed E-state index contributed by atoms with van der Waals surface area (Å²) >= 11 is 7.28. The lowest BCUT2D eigenvalue weighted by Crippen LogP contribution is -2.30. The van der Waals surface area contributed by atoms with Gasteiger partial charge in [-0.15, -0.1) is 0 Å². The van der Waals surface area contributed by atoms with Gasteiger partial charge in [0.25, 0.3) is 5.91 Å². The van der Waals surface area contributed by atoms with Gasteiger partial charge in [-0.05, 0) is 35.9 Å². The normalized spacial score (nSPS) is 14.8. The lowest BCUT2D eigenvalue weighted by atomic mass is 10.2. The zero-order valence-corrected chi connectivity index (χ0v) is 16.8. The van der Waals surface area contributed by atoms with Crippen LogP contribution in [-0.4, -0.2) is 31.0 Å². The summed E-state index contributed by atoms with van der Waals surface area (Å²) in [5, 5.41) is 9.79. The number of amides is 1. The number of carbonyl (C=O) groups excluding carboxylic acids is 1. The average Bonchev–Trinajstić information content (AvgIpc) is 3.02. The molecule has 0 saturated heterocycles. The van der Waals surface area contributed by atoms with E-state index < -0.39 is 0 Å². The van der Waals surface area contributed by atoms with Crippen molar-refractivity contribution in [1.82, 2.24) is 0 Å². The number of rotatable bonds is 5. The Morgan fingerprint density at radius 3 is 2.61 bits per heavy atom. The molecule has 3 rings (SSSR count). The van der Waals surface area contributed by atoms with Crippen LogP contribution in [0.1, 0.15) is 5.56 Å². The van der Waals surface area contributed by atoms with Gasteiger partial charge in [0.05, 0.1) is 36.8 Å². The van der Waals surface area contributed by atoms with Crippen molar-refractivity contribution in [2.75, 3.05) is 24.9 Å². The number of carbonyl (C=O) groups is 1. The summed E-state index contributed by atoms with van der Waals surface area (Å²) in [6, 6.07) is 14.4. The van der Waals surface area contributed by atoms with Crippen LogP contribution in [-0.2, 0) is 4.79 Å². The summed E-state index contributed by atoms with van der Waals surface area (Å²) in [7, 11) is 3.10. The van der Waals surface area contributed by atoms with E-state index in [0.717, 1.165) is 11.3 Å². The number of ether oxygens (including phenoxy) is 2. The number of methoxy groups -OCH3 is 2. The lowest BCUT2D eigenvalue weighted by molar-refractivity contribution is -0.113. The number of aliphatic imine (C=N–C) groups is 1. The molecule has 0 radical (unpaired) electrons. The first-order valence-corrected chi connectivity index (χ1v) is 9.56. The van der Waals surface area contributed by atoms with E-state index >= 15 is 0 Å². The number of amidine groups is 1. The molecule has 2 aromatic carbocycles. The number of nitrogens with zero attached hydrogens (tertiary/aromatic N) is 3. The van der Waals surface area contributed by atoms with Crippen molar-refractivity contribution in [3.63, 3.8) is 0 Å². The molecule has 0 aliphatic carbocycles. The minimum absolute atomic E-state index is 0.170. The fourth-order valence-electron chi connectivity index (χ4n) is 2.56. The monoisotopic (exact) mass is 413 g/mol. The van der Waals surface area contributed by atoms with E-state index in [4.69, 9.17) is 26.3 Å². The third-order valence-corrected chi connectivity index (χ3v) is 5.03. The molecular formula is C20H16ClN3O3S. The Kier molecular flexibility index (Phi) is 6.24. The Bertz CT molecular complexity index is 997. The number of nitriles is 1. The van der Waals surface area contributed by atoms with Crippen molar-refractivity contribution >= 4 is 46.2 Å². The summed E-state index contributed by atoms with van der Waals surface area (Å²) < 4.78 is 10.4. The molecule has 1 aliphatic rings. The number of hydrogen-bond acceptors (Lipinski definition) is 6. The van der Waals surface area contributed by atoms with E-state index in [0.29, 0.717) is 21.6 Å². The summed E-state index contributed by atoms with van der Waals surface area (Å²) in [5.41, 5.74) is 1.65. The standard InChI is InChI=1S/C20H16ClN3O3S/c1-26-15-6-3-13(4-7-15)11-17-19(25)24(20(23-17)28-10-9-22)14-5-8-16(21)18(12-14)27-2/h3-8,11-12H,10H2,1-2H3/b17-11-. The molecule has 28 heavy (non-hydrogen) atoms. The number of halogens is 1. The molecule has 0 unspecified atom stereocenters. The highest BCUT2D eigenvalue weighted by molar-refractivity contribution is 8.14. The second-order valence-electron chi connectivity index (χ2n) is 5.60. The van der Waals surface area contributed by atoms with Crippen molar-refractivity contribution in [3.05, 3.63) is 58.7 Å². The second kappa shape index (κ2) is 8.83. The van der Waals surface area contributed by atoms with Crippen LogP contribution in [0.4, 0.5) is 5.69 Å². The lowest BCUT2D eigenvalue weighted by Gasteiger charge is -2.18. The molecule has 1 amide bonds. The molecule has 1 aliphatic heterocycles. The summed E-state index contributed by atoms with van der Waals surface area (Å²) in [5.74, 6) is 1.05. The molecule has 8 heteroatoms. The van der Waals surface area contributed by atoms with E-state index in [9.17, 15) is 4.79 Å². The molecule has 6 nitrogen and oxygen atoms in total. The maximum atomic E-state index is 13.0. The number of thioether (sulfide) groups is 1. The summed E-state index contributed by atoms with van der Waals surface area (Å²) in [6.45, 7) is 0. The molecular weight excluding hydrogens is 398 g/mol. The number of anilines is 1. The van der Waals surface area contributed by atoms with Crippen molar-refractivity contribution in [1.29, 1.82) is 5.26 Å². The molecule has 0 N–H and O–H groups in total. The van der Waals surface area contributed by atoms with Crippen LogP contribution >= 0.6 is 23.4 Å². The van der Waals surface area contributed by atoms with Gasteiger partial charge in [-0.3, -0.25) is 9.69 Å². The topological polar surface area (TPSA) is 74.9 Å². The van der Waals surface area contributed by atoms with Crippen LogP contribution in [0.3, 0.4) is 0 Å². The molecule has 1 heterocycles. The van der Waals surface area contributed by atoms with E-state index in [1.807, 2.05) is 24.3 Å². The van der Waals surface area contributed by atoms with E-state index in [1.165, 1.54) is 23.8 Å². The molecule has 0 spiro atoms. The fourth-order valence-corrected chi connectivity index (χ4v) is 3.43. The molecule has 0 fully saturated rings. The van der Waals surface area contributed by atoms with Gasteiger partial charge >= 0.3 is 0 Å². The zero-order valence-electron chi connectivity index (χ0n) is 15.2. The van der Waals surface area contributed by atoms with Crippen molar-refractivity contribution < 1.29 is 14.3 Å². The Morgan fingerprint density at radius 1 is 1.21 bits per heavy atom. The highest BCUT2D eigenvalue weighted by Crippen LogP contribution is 2.34. The van der Waals surface area contributed by atoms with E-state index in [-0.39, 0.29) is 17.4 Å². The van der Waals surface area contributed by atoms with Crippen LogP contribution < -0.4 is 14.4 Å². The number of hydrogen-bond donors (Lipinski definition) is 0. The summed E-state index contributed by atoms with van der Waals surface area (Å²) in [4.78, 5) is 18.9. The highest BCUT2D eigenvalue weighted by atomic mass is 35.5. The first-order chi connectivity index (χ1) is 13.6. The van der Waals surface area contributed by atoms with E-state index in [2.05, 4.69) is 11.1 Å². The summed E-state index contributed by atoms with van der Waals surface area (Å²) in [6.07, 6.45) is 1.70. The zero-order chi connectivity index (χ0) is 20.1. The van der Waals surface area contributed by atoms with Gasteiger partial charge in [0.1, 0.15) is 17.2 Å². The Hall–Kier alpha value is -2.95. The van der Waals surface area contributed by atoms with Crippen molar-refractivity contribution in [2.24, 2.45) is 4.99 Å². The van der Waals surface area contributed by atoms with Gasteiger partial charge in [0, 0.05) is 6.07 Å². The SMILES string of the molecule is COc1ccc(/C=C2\N=C(SCC#N)N(c3ccc(Cl)c(OC)c3)C2=O)cc1. The first kappa shape index (κ1) is 19.8. The Balaban J connectivity index is 1.98. The molecule has 142 valence electrons. The molecule has 0 saturated carbocycles. The third-order valence-electron chi connectivity index (χ3n) is 3.91. The maximum absolute atomic E-state index is 13.0. The van der Waals surface area contributed by atoms with Crippen LogP contribution in [0, 0.1) is 11.3 Å². The van der Waals surface area contributed by atoms with Gasteiger partial charge in [0.2, 0.25) is 0 Å². The molecule has 0 aromatic heterocycles. The van der Waals surface area contributed by atoms with Gasteiger partial charge in [-0.2, -0.15) is 5.26 Å². The van der Waals surface area contributed by atoms with Gasteiger partial charge < -0.3 is 9.47 Å². The van der Waals surface area contributed by atoms with Crippen LogP contribution in [0.2, 0.25) is 5.02 Å². The second-order valence-corrected chi connectivity index (χ2v) is 6.95. The number of benzene rings is 2. The first-order valence-electron chi connectivity index (χ1n) is 8.19. The molecule has 2 aromatic rings. The minimum Gasteiger partial charge on any atom is -0.497 e. The van der Waals surface area contributed by atoms with Crippen molar-refractivity contribution in [3.8, 4) is 17.6 Å². The molecule has 0 bridgehead atoms. The molecule has 0 atom stereocenters. The quantitative estimate of drug-likeness (QED) is 0.681. The Labute approximate surface area is 172 Å². The smallest absolute Gasteiger partial charge is 0.283 e. The van der Waals surface area contributed by atoms with Crippen LogP contribution in [0.25, 0.3) is 6.08 Å². The van der Waals surface area contributed by atoms with Crippen LogP contribution in [0.15, 0.2) is 53.2 Å². The van der Waals surface area contributed by atoms with Crippen LogP contribution in [0.5, 0.6) is 11.5 Å². The average molecular weight is 414 g/mol. The van der Waals surface area contributed by atoms with Gasteiger partial charge in [-0.25, -0.2) is 4.99 Å². The maximum Gasteiger partial charge on any atom is 0.283 e. The largest absolute Gasteiger partial charge is 0.497 e. The fraction of sp³-hybridized carbons (Fsp3) is 0.150. The van der Waals surface area contributed by atoms with Gasteiger partial charge in [-0.1, -0.05) is 35.5 Å². The highest BCUT2D eigenvalue weighted by Gasteiger charge is 2.32. The third kappa shape index (κ3) is 4.14. The minimum atomic E-state index is -0.291. The van der Waals surface area contributed by atoms with E-state index in [1.54, 1.807) is 31.4 Å². The van der Waals surface area contributed by atoms with Gasteiger partial charge in [0.15, 0.2) is 5.17 Å². The predicted molar refractivity (Wildman–Crippen MR) is 112 cm³/mol. The van der Waals surface area contributed by atoms with Crippen molar-refractivity contribution in [2.45, 2.75) is 0 Å².